The smallest absolute Gasteiger partial charge is 0.410 e. The molecule has 0 spiro atoms. The monoisotopic (exact) mass is 327 g/mol. The van der Waals surface area contributed by atoms with Crippen molar-refractivity contribution in [3.05, 3.63) is 10.4 Å². The van der Waals surface area contributed by atoms with Gasteiger partial charge in [-0.1, -0.05) is 25.9 Å². The minimum atomic E-state index is -0.493. The van der Waals surface area contributed by atoms with E-state index in [4.69, 9.17) is 10.3 Å². The van der Waals surface area contributed by atoms with Gasteiger partial charge in [-0.25, -0.2) is 4.79 Å². The number of nitrogens with zero attached hydrogens (tertiary/aromatic N) is 5. The van der Waals surface area contributed by atoms with Crippen LogP contribution in [0.1, 0.15) is 54.9 Å². The van der Waals surface area contributed by atoms with Crippen LogP contribution in [-0.4, -0.2) is 59.8 Å². The number of carbonyl (C=O) groups is 1. The summed E-state index contributed by atoms with van der Waals surface area (Å²) in [7, 11) is 0. The molecule has 1 aliphatic heterocycles. The number of ether oxygens (including phenoxy) is 1. The Morgan fingerprint density at radius 3 is 2.17 bits per heavy atom. The third-order valence-electron chi connectivity index (χ3n) is 3.74. The molecule has 0 aliphatic carbocycles. The molecule has 1 fully saturated rings. The van der Waals surface area contributed by atoms with E-state index in [1.165, 1.54) is 19.6 Å². The summed E-state index contributed by atoms with van der Waals surface area (Å²) in [5, 5.41) is 3.63. The van der Waals surface area contributed by atoms with Crippen LogP contribution in [0.3, 0.4) is 0 Å². The van der Waals surface area contributed by atoms with Crippen molar-refractivity contribution in [2.24, 2.45) is 5.11 Å². The number of amides is 1. The highest BCUT2D eigenvalue weighted by molar-refractivity contribution is 5.69. The molecule has 0 radical (unpaired) electrons. The molecule has 7 nitrogen and oxygen atoms in total. The highest BCUT2D eigenvalue weighted by atomic mass is 16.6. The maximum atomic E-state index is 11.8. The lowest BCUT2D eigenvalue weighted by Crippen LogP contribution is -2.39. The van der Waals surface area contributed by atoms with Crippen molar-refractivity contribution in [3.63, 3.8) is 0 Å². The van der Waals surface area contributed by atoms with Crippen molar-refractivity contribution < 1.29 is 9.53 Å². The van der Waals surface area contributed by atoms with E-state index in [1.54, 1.807) is 4.90 Å². The molecule has 0 saturated carbocycles. The van der Waals surface area contributed by atoms with Crippen LogP contribution < -0.4 is 0 Å². The average molecular weight is 327 g/mol. The average Bonchev–Trinajstić information content (AvgIpc) is 2.81. The first kappa shape index (κ1) is 21.5. The second-order valence-electron chi connectivity index (χ2n) is 6.70. The van der Waals surface area contributed by atoms with Gasteiger partial charge in [-0.2, -0.15) is 0 Å². The molecular weight excluding hydrogens is 294 g/mol. The summed E-state index contributed by atoms with van der Waals surface area (Å²) in [4.78, 5) is 18.5. The van der Waals surface area contributed by atoms with Gasteiger partial charge in [0.2, 0.25) is 0 Å². The van der Waals surface area contributed by atoms with Crippen molar-refractivity contribution in [1.29, 1.82) is 0 Å². The van der Waals surface area contributed by atoms with Gasteiger partial charge >= 0.3 is 6.09 Å². The lowest BCUT2D eigenvalue weighted by atomic mass is 10.2. The Balaban J connectivity index is 0.000000585. The number of carbonyl (C=O) groups excluding carboxylic acids is 1. The van der Waals surface area contributed by atoms with Gasteiger partial charge in [0.15, 0.2) is 0 Å². The Morgan fingerprint density at radius 1 is 1.30 bits per heavy atom. The van der Waals surface area contributed by atoms with Crippen molar-refractivity contribution in [1.82, 2.24) is 9.80 Å². The molecule has 0 aromatic carbocycles. The third-order valence-corrected chi connectivity index (χ3v) is 3.74. The number of rotatable bonds is 4. The Bertz CT molecular complexity index is 392. The van der Waals surface area contributed by atoms with Gasteiger partial charge in [0.05, 0.1) is 6.04 Å². The molecule has 134 valence electrons. The summed E-state index contributed by atoms with van der Waals surface area (Å²) in [6, 6.07) is -0.0714. The number of azide groups is 1. The summed E-state index contributed by atoms with van der Waals surface area (Å²) < 4.78 is 5.27. The predicted octanol–water partition coefficient (Wildman–Crippen LogP) is 4.04. The SMILES string of the molecule is CCN(CC)CC.C[C@H]1C[C@@H](N=[N+]=[N-])CN1C(=O)OC(C)(C)C. The van der Waals surface area contributed by atoms with E-state index in [0.717, 1.165) is 0 Å². The van der Waals surface area contributed by atoms with Crippen LogP contribution >= 0.6 is 0 Å². The third kappa shape index (κ3) is 8.67. The van der Waals surface area contributed by atoms with Gasteiger partial charge in [-0.15, -0.1) is 0 Å². The normalized spacial score (nSPS) is 20.6. The van der Waals surface area contributed by atoms with Crippen LogP contribution in [0, 0.1) is 0 Å². The van der Waals surface area contributed by atoms with Crippen molar-refractivity contribution in [2.45, 2.75) is 72.6 Å². The fourth-order valence-electron chi connectivity index (χ4n) is 2.41. The minimum absolute atomic E-state index is 0.0605. The van der Waals surface area contributed by atoms with E-state index >= 15 is 0 Å². The van der Waals surface area contributed by atoms with Crippen LogP contribution in [-0.2, 0) is 4.74 Å². The van der Waals surface area contributed by atoms with Crippen molar-refractivity contribution >= 4 is 6.09 Å². The molecule has 1 aliphatic rings. The highest BCUT2D eigenvalue weighted by Crippen LogP contribution is 2.22. The van der Waals surface area contributed by atoms with Gasteiger partial charge in [-0.05, 0) is 59.3 Å². The van der Waals surface area contributed by atoms with E-state index in [2.05, 4.69) is 35.7 Å². The maximum Gasteiger partial charge on any atom is 0.410 e. The van der Waals surface area contributed by atoms with Crippen LogP contribution in [0.15, 0.2) is 5.11 Å². The summed E-state index contributed by atoms with van der Waals surface area (Å²) in [5.41, 5.74) is 7.86. The lowest BCUT2D eigenvalue weighted by molar-refractivity contribution is 0.0237. The molecule has 1 amide bonds. The Hall–Kier alpha value is -1.46. The molecule has 0 bridgehead atoms. The number of likely N-dealkylation sites (tertiary alicyclic amines) is 1. The summed E-state index contributed by atoms with van der Waals surface area (Å²) in [6.07, 6.45) is 0.360. The van der Waals surface area contributed by atoms with Gasteiger partial charge in [0, 0.05) is 17.5 Å². The molecule has 0 aromatic heterocycles. The lowest BCUT2D eigenvalue weighted by Gasteiger charge is -2.26. The number of hydrogen-bond donors (Lipinski definition) is 0. The van der Waals surface area contributed by atoms with Gasteiger partial charge in [-0.3, -0.25) is 0 Å². The highest BCUT2D eigenvalue weighted by Gasteiger charge is 2.34. The van der Waals surface area contributed by atoms with E-state index < -0.39 is 5.60 Å². The zero-order valence-electron chi connectivity index (χ0n) is 15.7. The molecule has 0 N–H and O–H groups in total. The molecule has 0 aromatic rings. The predicted molar refractivity (Wildman–Crippen MR) is 93.4 cm³/mol. The zero-order valence-corrected chi connectivity index (χ0v) is 15.7. The second-order valence-corrected chi connectivity index (χ2v) is 6.70. The van der Waals surface area contributed by atoms with Crippen LogP contribution in [0.5, 0.6) is 0 Å². The summed E-state index contributed by atoms with van der Waals surface area (Å²) in [5.74, 6) is 0. The maximum absolute atomic E-state index is 11.8. The molecule has 1 rings (SSSR count). The first-order valence-corrected chi connectivity index (χ1v) is 8.44. The van der Waals surface area contributed by atoms with E-state index in [1.807, 2.05) is 27.7 Å². The molecule has 2 atom stereocenters. The fourth-order valence-corrected chi connectivity index (χ4v) is 2.41. The Labute approximate surface area is 140 Å². The standard InChI is InChI=1S/C10H18N4O2.C6H15N/c1-7-5-8(12-13-11)6-14(7)9(15)16-10(2,3)4;1-4-7(5-2)6-3/h7-8H,5-6H2,1-4H3;4-6H2,1-3H3/t7-,8+;/m0./s1. The quantitative estimate of drug-likeness (QED) is 0.444. The largest absolute Gasteiger partial charge is 0.444 e. The van der Waals surface area contributed by atoms with Crippen molar-refractivity contribution in [3.8, 4) is 0 Å². The molecule has 0 unspecified atom stereocenters. The molecule has 1 saturated heterocycles. The van der Waals surface area contributed by atoms with Crippen LogP contribution in [0.2, 0.25) is 0 Å². The fraction of sp³-hybridized carbons (Fsp3) is 0.938. The summed E-state index contributed by atoms with van der Waals surface area (Å²) >= 11 is 0. The van der Waals surface area contributed by atoms with Crippen molar-refractivity contribution in [2.75, 3.05) is 26.2 Å². The van der Waals surface area contributed by atoms with Gasteiger partial charge in [0.1, 0.15) is 5.60 Å². The van der Waals surface area contributed by atoms with E-state index in [-0.39, 0.29) is 18.2 Å². The molecule has 23 heavy (non-hydrogen) atoms. The van der Waals surface area contributed by atoms with Crippen LogP contribution in [0.4, 0.5) is 4.79 Å². The topological polar surface area (TPSA) is 81.5 Å². The zero-order chi connectivity index (χ0) is 18.0. The summed E-state index contributed by atoms with van der Waals surface area (Å²) in [6.45, 7) is 18.0. The second kappa shape index (κ2) is 10.3. The van der Waals surface area contributed by atoms with Gasteiger partial charge < -0.3 is 14.5 Å². The Morgan fingerprint density at radius 2 is 1.83 bits per heavy atom. The first-order chi connectivity index (χ1) is 10.7. The Kier molecular flexibility index (Phi) is 9.68. The number of hydrogen-bond acceptors (Lipinski definition) is 4. The van der Waals surface area contributed by atoms with E-state index in [0.29, 0.717) is 13.0 Å². The molecule has 7 heteroatoms. The minimum Gasteiger partial charge on any atom is -0.444 e. The first-order valence-electron chi connectivity index (χ1n) is 8.44. The van der Waals surface area contributed by atoms with Gasteiger partial charge in [0.25, 0.3) is 0 Å². The van der Waals surface area contributed by atoms with E-state index in [9.17, 15) is 4.79 Å². The molecule has 1 heterocycles. The van der Waals surface area contributed by atoms with Crippen LogP contribution in [0.25, 0.3) is 10.4 Å². The molecular formula is C16H33N5O2.